The molecule has 1 atom stereocenters. The number of nitrogens with zero attached hydrogens (tertiary/aromatic N) is 2. The van der Waals surface area contributed by atoms with Crippen molar-refractivity contribution in [1.82, 2.24) is 9.88 Å². The third-order valence-electron chi connectivity index (χ3n) is 4.74. The summed E-state index contributed by atoms with van der Waals surface area (Å²) in [5.74, 6) is -0.0590. The molecule has 6 heteroatoms. The van der Waals surface area contributed by atoms with E-state index in [1.807, 2.05) is 6.07 Å². The van der Waals surface area contributed by atoms with E-state index in [9.17, 15) is 4.79 Å². The highest BCUT2D eigenvalue weighted by Crippen LogP contribution is 2.28. The summed E-state index contributed by atoms with van der Waals surface area (Å²) in [5.41, 5.74) is 2.35. The number of anilines is 1. The number of hydrogen-bond donors (Lipinski definition) is 1. The van der Waals surface area contributed by atoms with Crippen molar-refractivity contribution in [3.05, 3.63) is 52.5 Å². The van der Waals surface area contributed by atoms with Gasteiger partial charge in [0.2, 0.25) is 0 Å². The predicted octanol–water partition coefficient (Wildman–Crippen LogP) is 3.33. The summed E-state index contributed by atoms with van der Waals surface area (Å²) in [6.45, 7) is 3.48. The van der Waals surface area contributed by atoms with Crippen LogP contribution in [0.1, 0.15) is 29.0 Å². The van der Waals surface area contributed by atoms with Crippen LogP contribution in [0.3, 0.4) is 0 Å². The van der Waals surface area contributed by atoms with Crippen LogP contribution in [0.15, 0.2) is 36.4 Å². The lowest BCUT2D eigenvalue weighted by Gasteiger charge is -2.24. The van der Waals surface area contributed by atoms with Crippen LogP contribution < -0.4 is 5.32 Å². The smallest absolute Gasteiger partial charge is 0.255 e. The monoisotopic (exact) mass is 369 g/mol. The predicted molar refractivity (Wildman–Crippen MR) is 104 cm³/mol. The van der Waals surface area contributed by atoms with E-state index >= 15 is 0 Å². The molecule has 2 aliphatic rings. The molecule has 1 unspecified atom stereocenters. The van der Waals surface area contributed by atoms with Gasteiger partial charge in [-0.25, -0.2) is 4.98 Å². The van der Waals surface area contributed by atoms with Crippen molar-refractivity contribution in [2.45, 2.75) is 31.9 Å². The van der Waals surface area contributed by atoms with Crippen molar-refractivity contribution in [2.75, 3.05) is 25.0 Å². The lowest BCUT2D eigenvalue weighted by molar-refractivity contribution is -0.124. The van der Waals surface area contributed by atoms with Gasteiger partial charge in [-0.15, -0.1) is 11.3 Å². The van der Waals surface area contributed by atoms with Gasteiger partial charge in [-0.1, -0.05) is 42.5 Å². The fourth-order valence-corrected chi connectivity index (χ4v) is 4.38. The summed E-state index contributed by atoms with van der Waals surface area (Å²) >= 11 is 1.59. The summed E-state index contributed by atoms with van der Waals surface area (Å²) in [7, 11) is 0. The number of rotatable bonds is 5. The zero-order chi connectivity index (χ0) is 17.8. The summed E-state index contributed by atoms with van der Waals surface area (Å²) in [6.07, 6.45) is 6.75. The Labute approximate surface area is 157 Å². The minimum atomic E-state index is -0.310. The molecule has 0 spiro atoms. The van der Waals surface area contributed by atoms with Gasteiger partial charge >= 0.3 is 0 Å². The van der Waals surface area contributed by atoms with Gasteiger partial charge in [0.25, 0.3) is 5.91 Å². The van der Waals surface area contributed by atoms with E-state index in [2.05, 4.69) is 51.6 Å². The van der Waals surface area contributed by atoms with Crippen LogP contribution in [-0.2, 0) is 22.5 Å². The zero-order valence-corrected chi connectivity index (χ0v) is 15.5. The third-order valence-corrected chi connectivity index (χ3v) is 5.73. The Morgan fingerprint density at radius 2 is 2.27 bits per heavy atom. The molecule has 4 rings (SSSR count). The van der Waals surface area contributed by atoms with E-state index in [1.165, 1.54) is 10.4 Å². The molecule has 0 aliphatic carbocycles. The molecule has 0 saturated carbocycles. The molecular formula is C20H23N3O2S. The van der Waals surface area contributed by atoms with E-state index in [-0.39, 0.29) is 12.0 Å². The molecule has 1 fully saturated rings. The number of nitrogens with one attached hydrogen (secondary N) is 1. The van der Waals surface area contributed by atoms with Crippen molar-refractivity contribution in [2.24, 2.45) is 0 Å². The Balaban J connectivity index is 1.33. The average molecular weight is 369 g/mol. The topological polar surface area (TPSA) is 54.5 Å². The number of hydrogen-bond acceptors (Lipinski definition) is 5. The van der Waals surface area contributed by atoms with Crippen LogP contribution >= 0.6 is 11.3 Å². The Morgan fingerprint density at radius 3 is 3.08 bits per heavy atom. The van der Waals surface area contributed by atoms with Crippen LogP contribution in [0.25, 0.3) is 6.08 Å². The maximum Gasteiger partial charge on any atom is 0.255 e. The quantitative estimate of drug-likeness (QED) is 0.878. The van der Waals surface area contributed by atoms with E-state index in [0.717, 1.165) is 44.6 Å². The number of amides is 1. The van der Waals surface area contributed by atoms with Crippen LogP contribution in [0.4, 0.5) is 5.13 Å². The van der Waals surface area contributed by atoms with Crippen LogP contribution in [0.5, 0.6) is 0 Å². The van der Waals surface area contributed by atoms with Gasteiger partial charge < -0.3 is 4.74 Å². The molecule has 2 aromatic rings. The van der Waals surface area contributed by atoms with Crippen molar-refractivity contribution in [3.63, 3.8) is 0 Å². The van der Waals surface area contributed by atoms with E-state index in [4.69, 9.17) is 4.74 Å². The number of ether oxygens (including phenoxy) is 1. The SMILES string of the molecule is O=C(Nc1nc2c(s1)CN(C/C=C/c1ccccc1)CC2)C1CCCO1. The van der Waals surface area contributed by atoms with Gasteiger partial charge in [0.05, 0.1) is 5.69 Å². The molecule has 3 heterocycles. The Morgan fingerprint density at radius 1 is 1.38 bits per heavy atom. The molecule has 0 radical (unpaired) electrons. The average Bonchev–Trinajstić information content (AvgIpc) is 3.31. The third kappa shape index (κ3) is 4.20. The number of benzene rings is 1. The molecule has 5 nitrogen and oxygen atoms in total. The van der Waals surface area contributed by atoms with Crippen LogP contribution in [-0.4, -0.2) is 41.6 Å². The van der Waals surface area contributed by atoms with Gasteiger partial charge in [-0.2, -0.15) is 0 Å². The number of carbonyl (C=O) groups excluding carboxylic acids is 1. The lowest BCUT2D eigenvalue weighted by atomic mass is 10.1. The Kier molecular flexibility index (Phi) is 5.43. The van der Waals surface area contributed by atoms with Gasteiger partial charge in [0.15, 0.2) is 5.13 Å². The molecule has 1 amide bonds. The van der Waals surface area contributed by atoms with Crippen LogP contribution in [0, 0.1) is 0 Å². The largest absolute Gasteiger partial charge is 0.368 e. The van der Waals surface area contributed by atoms with Gasteiger partial charge in [0, 0.05) is 37.5 Å². The van der Waals surface area contributed by atoms with Crippen LogP contribution in [0.2, 0.25) is 0 Å². The molecule has 2 aliphatic heterocycles. The molecule has 1 N–H and O–H groups in total. The summed E-state index contributed by atoms with van der Waals surface area (Å²) in [6, 6.07) is 10.4. The van der Waals surface area contributed by atoms with Crippen molar-refractivity contribution < 1.29 is 9.53 Å². The summed E-state index contributed by atoms with van der Waals surface area (Å²) in [5, 5.41) is 3.64. The first-order valence-corrected chi connectivity index (χ1v) is 9.94. The number of carbonyl (C=O) groups is 1. The molecule has 26 heavy (non-hydrogen) atoms. The fraction of sp³-hybridized carbons (Fsp3) is 0.400. The molecular weight excluding hydrogens is 346 g/mol. The first kappa shape index (κ1) is 17.4. The van der Waals surface area contributed by atoms with Gasteiger partial charge in [-0.05, 0) is 18.4 Å². The Bertz CT molecular complexity index is 782. The highest BCUT2D eigenvalue weighted by atomic mass is 32.1. The van der Waals surface area contributed by atoms with E-state index in [1.54, 1.807) is 11.3 Å². The minimum Gasteiger partial charge on any atom is -0.368 e. The minimum absolute atomic E-state index is 0.0590. The van der Waals surface area contributed by atoms with Crippen molar-refractivity contribution in [1.29, 1.82) is 0 Å². The van der Waals surface area contributed by atoms with Gasteiger partial charge in [-0.3, -0.25) is 15.0 Å². The highest BCUT2D eigenvalue weighted by molar-refractivity contribution is 7.15. The maximum atomic E-state index is 12.2. The van der Waals surface area contributed by atoms with Crippen molar-refractivity contribution >= 4 is 28.5 Å². The summed E-state index contributed by atoms with van der Waals surface area (Å²) in [4.78, 5) is 20.5. The maximum absolute atomic E-state index is 12.2. The number of aromatic nitrogens is 1. The molecule has 1 saturated heterocycles. The number of fused-ring (bicyclic) bond motifs is 1. The summed E-state index contributed by atoms with van der Waals surface area (Å²) < 4.78 is 5.44. The van der Waals surface area contributed by atoms with E-state index < -0.39 is 0 Å². The molecule has 1 aromatic carbocycles. The van der Waals surface area contributed by atoms with Gasteiger partial charge in [0.1, 0.15) is 6.10 Å². The second-order valence-corrected chi connectivity index (χ2v) is 7.76. The second-order valence-electron chi connectivity index (χ2n) is 6.68. The highest BCUT2D eigenvalue weighted by Gasteiger charge is 2.26. The first-order valence-electron chi connectivity index (χ1n) is 9.13. The first-order chi connectivity index (χ1) is 12.8. The molecule has 0 bridgehead atoms. The van der Waals surface area contributed by atoms with E-state index in [0.29, 0.717) is 11.7 Å². The second kappa shape index (κ2) is 8.12. The van der Waals surface area contributed by atoms with Crippen molar-refractivity contribution in [3.8, 4) is 0 Å². The Hall–Kier alpha value is -2.02. The zero-order valence-electron chi connectivity index (χ0n) is 14.7. The molecule has 136 valence electrons. The fourth-order valence-electron chi connectivity index (χ4n) is 3.33. The normalized spacial score (nSPS) is 20.4. The standard InChI is InChI=1S/C20H23N3O2S/c24-19(17-9-5-13-25-17)22-20-21-16-10-12-23(14-18(16)26-20)11-4-8-15-6-2-1-3-7-15/h1-4,6-8,17H,5,9-14H2,(H,21,22,24)/b8-4+. The number of thiazole rings is 1. The lowest BCUT2D eigenvalue weighted by Crippen LogP contribution is -2.29. The molecule has 1 aromatic heterocycles.